The lowest BCUT2D eigenvalue weighted by Gasteiger charge is -2.25. The van der Waals surface area contributed by atoms with Gasteiger partial charge in [0.2, 0.25) is 0 Å². The second-order valence-electron chi connectivity index (χ2n) is 4.13. The molecule has 1 rings (SSSR count). The van der Waals surface area contributed by atoms with Crippen molar-refractivity contribution in [3.63, 3.8) is 0 Å². The van der Waals surface area contributed by atoms with Crippen molar-refractivity contribution in [2.75, 3.05) is 26.3 Å². The number of para-hydroxylation sites is 1. The van der Waals surface area contributed by atoms with Crippen molar-refractivity contribution in [2.24, 2.45) is 0 Å². The topological polar surface area (TPSA) is 32.7 Å². The fourth-order valence-corrected chi connectivity index (χ4v) is 1.59. The lowest BCUT2D eigenvalue weighted by atomic mass is 10.3. The molecular formula is C13H20FNO2. The molecule has 3 nitrogen and oxygen atoms in total. The molecule has 4 heteroatoms. The molecule has 96 valence electrons. The lowest BCUT2D eigenvalue weighted by molar-refractivity contribution is 0.140. The van der Waals surface area contributed by atoms with E-state index in [9.17, 15) is 4.39 Å². The van der Waals surface area contributed by atoms with Gasteiger partial charge in [-0.2, -0.15) is 0 Å². The number of nitrogens with zero attached hydrogens (tertiary/aromatic N) is 1. The van der Waals surface area contributed by atoms with Gasteiger partial charge in [0.1, 0.15) is 6.61 Å². The van der Waals surface area contributed by atoms with Gasteiger partial charge in [0.15, 0.2) is 11.6 Å². The minimum absolute atomic E-state index is 0.123. The first-order valence-corrected chi connectivity index (χ1v) is 5.87. The minimum Gasteiger partial charge on any atom is -0.489 e. The summed E-state index contributed by atoms with van der Waals surface area (Å²) < 4.78 is 18.6. The summed E-state index contributed by atoms with van der Waals surface area (Å²) in [7, 11) is 0. The maximum atomic E-state index is 13.2. The maximum Gasteiger partial charge on any atom is 0.165 e. The van der Waals surface area contributed by atoms with Crippen molar-refractivity contribution < 1.29 is 14.2 Å². The first-order chi connectivity index (χ1) is 8.15. The highest BCUT2D eigenvalue weighted by Gasteiger charge is 2.09. The van der Waals surface area contributed by atoms with E-state index in [1.807, 2.05) is 0 Å². The molecule has 0 heterocycles. The fraction of sp³-hybridized carbons (Fsp3) is 0.538. The van der Waals surface area contributed by atoms with Crippen molar-refractivity contribution in [2.45, 2.75) is 19.9 Å². The second-order valence-corrected chi connectivity index (χ2v) is 4.13. The van der Waals surface area contributed by atoms with E-state index < -0.39 is 0 Å². The van der Waals surface area contributed by atoms with Gasteiger partial charge in [-0.25, -0.2) is 4.39 Å². The molecule has 0 saturated carbocycles. The van der Waals surface area contributed by atoms with Crippen LogP contribution in [0.25, 0.3) is 0 Å². The van der Waals surface area contributed by atoms with Crippen molar-refractivity contribution in [1.82, 2.24) is 4.90 Å². The van der Waals surface area contributed by atoms with Crippen LogP contribution in [-0.4, -0.2) is 42.4 Å². The molecule has 0 aliphatic carbocycles. The highest BCUT2D eigenvalue weighted by Crippen LogP contribution is 2.15. The quantitative estimate of drug-likeness (QED) is 0.791. The van der Waals surface area contributed by atoms with E-state index in [0.717, 1.165) is 0 Å². The highest BCUT2D eigenvalue weighted by atomic mass is 19.1. The molecule has 1 N–H and O–H groups in total. The predicted octanol–water partition coefficient (Wildman–Crippen LogP) is 1.91. The number of ether oxygens (including phenoxy) is 1. The van der Waals surface area contributed by atoms with Gasteiger partial charge < -0.3 is 9.84 Å². The summed E-state index contributed by atoms with van der Waals surface area (Å²) in [6, 6.07) is 6.71. The van der Waals surface area contributed by atoms with Crippen molar-refractivity contribution >= 4 is 0 Å². The van der Waals surface area contributed by atoms with E-state index in [-0.39, 0.29) is 18.2 Å². The van der Waals surface area contributed by atoms with Crippen LogP contribution in [-0.2, 0) is 0 Å². The first kappa shape index (κ1) is 13.9. The third kappa shape index (κ3) is 4.71. The van der Waals surface area contributed by atoms with Crippen LogP contribution in [0.5, 0.6) is 5.75 Å². The van der Waals surface area contributed by atoms with Gasteiger partial charge in [-0.05, 0) is 26.0 Å². The molecule has 0 atom stereocenters. The predicted molar refractivity (Wildman–Crippen MR) is 65.7 cm³/mol. The molecule has 0 radical (unpaired) electrons. The van der Waals surface area contributed by atoms with E-state index in [2.05, 4.69) is 18.7 Å². The molecule has 0 unspecified atom stereocenters. The van der Waals surface area contributed by atoms with Crippen molar-refractivity contribution in [3.8, 4) is 5.75 Å². The molecule has 1 aromatic rings. The maximum absolute atomic E-state index is 13.2. The standard InChI is InChI=1S/C13H20FNO2/c1-11(2)15(7-9-16)8-10-17-13-6-4-3-5-12(13)14/h3-6,11,16H,7-10H2,1-2H3. The van der Waals surface area contributed by atoms with Crippen LogP contribution in [0.1, 0.15) is 13.8 Å². The molecule has 0 bridgehead atoms. The Labute approximate surface area is 102 Å². The van der Waals surface area contributed by atoms with Crippen LogP contribution in [0, 0.1) is 5.82 Å². The highest BCUT2D eigenvalue weighted by molar-refractivity contribution is 5.23. The van der Waals surface area contributed by atoms with Crippen LogP contribution in [0.3, 0.4) is 0 Å². The number of halogens is 1. The Morgan fingerprint density at radius 2 is 2.00 bits per heavy atom. The largest absolute Gasteiger partial charge is 0.489 e. The van der Waals surface area contributed by atoms with E-state index >= 15 is 0 Å². The van der Waals surface area contributed by atoms with Gasteiger partial charge in [0, 0.05) is 19.1 Å². The molecular weight excluding hydrogens is 221 g/mol. The van der Waals surface area contributed by atoms with Gasteiger partial charge in [-0.1, -0.05) is 12.1 Å². The Morgan fingerprint density at radius 1 is 1.29 bits per heavy atom. The van der Waals surface area contributed by atoms with E-state index in [1.165, 1.54) is 6.07 Å². The Morgan fingerprint density at radius 3 is 2.59 bits per heavy atom. The smallest absolute Gasteiger partial charge is 0.165 e. The number of rotatable bonds is 7. The van der Waals surface area contributed by atoms with Crippen molar-refractivity contribution in [1.29, 1.82) is 0 Å². The van der Waals surface area contributed by atoms with Crippen LogP contribution in [0.2, 0.25) is 0 Å². The SMILES string of the molecule is CC(C)N(CCO)CCOc1ccccc1F. The van der Waals surface area contributed by atoms with E-state index in [0.29, 0.717) is 25.7 Å². The fourth-order valence-electron chi connectivity index (χ4n) is 1.59. The zero-order valence-electron chi connectivity index (χ0n) is 10.4. The molecule has 0 aliphatic heterocycles. The van der Waals surface area contributed by atoms with Gasteiger partial charge in [-0.3, -0.25) is 4.90 Å². The average Bonchev–Trinajstić information content (AvgIpc) is 2.30. The summed E-state index contributed by atoms with van der Waals surface area (Å²) in [5.41, 5.74) is 0. The summed E-state index contributed by atoms with van der Waals surface area (Å²) in [5.74, 6) is -0.0639. The minimum atomic E-state index is -0.342. The monoisotopic (exact) mass is 241 g/mol. The molecule has 17 heavy (non-hydrogen) atoms. The Kier molecular flexibility index (Phi) is 5.94. The number of benzene rings is 1. The summed E-state index contributed by atoms with van der Waals surface area (Å²) in [6.45, 7) is 5.93. The third-order valence-corrected chi connectivity index (χ3v) is 2.59. The number of aliphatic hydroxyl groups is 1. The Bertz CT molecular complexity index is 331. The van der Waals surface area contributed by atoms with Gasteiger partial charge in [-0.15, -0.1) is 0 Å². The molecule has 0 fully saturated rings. The van der Waals surface area contributed by atoms with Crippen LogP contribution in [0.4, 0.5) is 4.39 Å². The zero-order valence-corrected chi connectivity index (χ0v) is 10.4. The van der Waals surface area contributed by atoms with Gasteiger partial charge in [0.05, 0.1) is 6.61 Å². The summed E-state index contributed by atoms with van der Waals surface area (Å²) in [6.07, 6.45) is 0. The second kappa shape index (κ2) is 7.25. The van der Waals surface area contributed by atoms with Crippen LogP contribution >= 0.6 is 0 Å². The van der Waals surface area contributed by atoms with Gasteiger partial charge >= 0.3 is 0 Å². The van der Waals surface area contributed by atoms with Crippen molar-refractivity contribution in [3.05, 3.63) is 30.1 Å². The first-order valence-electron chi connectivity index (χ1n) is 5.87. The molecule has 0 aliphatic rings. The molecule has 0 saturated heterocycles. The Balaban J connectivity index is 2.38. The summed E-state index contributed by atoms with van der Waals surface area (Å²) in [4.78, 5) is 2.08. The molecule has 1 aromatic carbocycles. The van der Waals surface area contributed by atoms with Crippen LogP contribution < -0.4 is 4.74 Å². The summed E-state index contributed by atoms with van der Waals surface area (Å²) >= 11 is 0. The van der Waals surface area contributed by atoms with E-state index in [4.69, 9.17) is 9.84 Å². The molecule has 0 aromatic heterocycles. The summed E-state index contributed by atoms with van der Waals surface area (Å²) in [5, 5.41) is 8.90. The normalized spacial score (nSPS) is 11.2. The lowest BCUT2D eigenvalue weighted by Crippen LogP contribution is -2.36. The molecule has 0 amide bonds. The van der Waals surface area contributed by atoms with E-state index in [1.54, 1.807) is 18.2 Å². The average molecular weight is 241 g/mol. The van der Waals surface area contributed by atoms with Crippen LogP contribution in [0.15, 0.2) is 24.3 Å². The molecule has 0 spiro atoms. The van der Waals surface area contributed by atoms with Gasteiger partial charge in [0.25, 0.3) is 0 Å². The Hall–Kier alpha value is -1.13. The number of hydrogen-bond donors (Lipinski definition) is 1. The zero-order chi connectivity index (χ0) is 12.7. The number of hydrogen-bond acceptors (Lipinski definition) is 3. The number of aliphatic hydroxyl groups excluding tert-OH is 1. The third-order valence-electron chi connectivity index (χ3n) is 2.59.